The summed E-state index contributed by atoms with van der Waals surface area (Å²) in [4.78, 5) is 13.0. The van der Waals surface area contributed by atoms with Crippen LogP contribution < -0.4 is 4.74 Å². The number of nitrogens with zero attached hydrogens (tertiary/aromatic N) is 2. The van der Waals surface area contributed by atoms with Gasteiger partial charge in [-0.15, -0.1) is 0 Å². The van der Waals surface area contributed by atoms with Crippen molar-refractivity contribution in [1.82, 2.24) is 4.90 Å². The summed E-state index contributed by atoms with van der Waals surface area (Å²) in [6.45, 7) is 2.74. The molecule has 0 atom stereocenters. The quantitative estimate of drug-likeness (QED) is 0.775. The molecule has 0 unspecified atom stereocenters. The molecule has 2 rings (SSSR count). The highest BCUT2D eigenvalue weighted by Gasteiger charge is 2.18. The maximum atomic E-state index is 10.7. The van der Waals surface area contributed by atoms with Crippen LogP contribution in [0.5, 0.6) is 5.75 Å². The van der Waals surface area contributed by atoms with Gasteiger partial charge in [-0.2, -0.15) is 5.26 Å². The molecule has 1 heterocycles. The number of carbonyl (C=O) groups excluding carboxylic acids is 1. The van der Waals surface area contributed by atoms with Crippen molar-refractivity contribution in [2.24, 2.45) is 5.92 Å². The summed E-state index contributed by atoms with van der Waals surface area (Å²) in [7, 11) is 1.58. The Morgan fingerprint density at radius 3 is 2.79 bits per heavy atom. The predicted octanol–water partition coefficient (Wildman–Crippen LogP) is 1.98. The Balaban J connectivity index is 2.00. The molecule has 0 aliphatic carbocycles. The molecule has 0 radical (unpaired) electrons. The largest absolute Gasteiger partial charge is 0.495 e. The molecule has 1 aliphatic rings. The number of rotatable bonds is 4. The Bertz CT molecular complexity index is 485. The first-order chi connectivity index (χ1) is 9.26. The number of ether oxygens (including phenoxy) is 1. The van der Waals surface area contributed by atoms with E-state index in [9.17, 15) is 4.79 Å². The zero-order valence-electron chi connectivity index (χ0n) is 11.1. The number of aldehydes is 1. The average Bonchev–Trinajstić information content (AvgIpc) is 2.48. The molecule has 4 heteroatoms. The minimum atomic E-state index is 0.228. The maximum absolute atomic E-state index is 10.7. The highest BCUT2D eigenvalue weighted by molar-refractivity contribution is 5.53. The zero-order chi connectivity index (χ0) is 13.7. The molecule has 1 aromatic carbocycles. The Labute approximate surface area is 113 Å². The van der Waals surface area contributed by atoms with Gasteiger partial charge in [0, 0.05) is 12.5 Å². The third-order valence-electron chi connectivity index (χ3n) is 3.62. The lowest BCUT2D eigenvalue weighted by molar-refractivity contribution is -0.112. The van der Waals surface area contributed by atoms with E-state index in [1.54, 1.807) is 13.2 Å². The van der Waals surface area contributed by atoms with Crippen LogP contribution in [-0.4, -0.2) is 31.4 Å². The zero-order valence-corrected chi connectivity index (χ0v) is 11.1. The van der Waals surface area contributed by atoms with Crippen molar-refractivity contribution in [2.75, 3.05) is 20.2 Å². The standard InChI is InChI=1S/C15H18N2O2/c1-19-15-8-13(2-3-14(15)9-16)10-17-6-4-12(11-18)5-7-17/h2-3,8,11-12H,4-7,10H2,1H3. The van der Waals surface area contributed by atoms with E-state index in [2.05, 4.69) is 11.0 Å². The lowest BCUT2D eigenvalue weighted by Gasteiger charge is -2.29. The molecular formula is C15H18N2O2. The second-order valence-corrected chi connectivity index (χ2v) is 4.90. The number of carbonyl (C=O) groups is 1. The number of hydrogen-bond acceptors (Lipinski definition) is 4. The van der Waals surface area contributed by atoms with E-state index in [1.165, 1.54) is 0 Å². The topological polar surface area (TPSA) is 53.3 Å². The van der Waals surface area contributed by atoms with Crippen LogP contribution in [0, 0.1) is 17.2 Å². The average molecular weight is 258 g/mol. The predicted molar refractivity (Wildman–Crippen MR) is 71.8 cm³/mol. The number of likely N-dealkylation sites (tertiary alicyclic amines) is 1. The van der Waals surface area contributed by atoms with E-state index < -0.39 is 0 Å². The van der Waals surface area contributed by atoms with Crippen molar-refractivity contribution < 1.29 is 9.53 Å². The molecule has 1 aromatic rings. The lowest BCUT2D eigenvalue weighted by atomic mass is 9.98. The minimum absolute atomic E-state index is 0.228. The SMILES string of the molecule is COc1cc(CN2CCC(C=O)CC2)ccc1C#N. The highest BCUT2D eigenvalue weighted by Crippen LogP contribution is 2.22. The summed E-state index contributed by atoms with van der Waals surface area (Å²) in [5, 5.41) is 8.94. The van der Waals surface area contributed by atoms with Crippen molar-refractivity contribution >= 4 is 6.29 Å². The van der Waals surface area contributed by atoms with Crippen molar-refractivity contribution in [3.63, 3.8) is 0 Å². The normalized spacial score (nSPS) is 16.8. The molecule has 1 aliphatic heterocycles. The van der Waals surface area contributed by atoms with Gasteiger partial charge < -0.3 is 9.53 Å². The van der Waals surface area contributed by atoms with Crippen LogP contribution in [0.15, 0.2) is 18.2 Å². The first-order valence-electron chi connectivity index (χ1n) is 6.51. The summed E-state index contributed by atoms with van der Waals surface area (Å²) in [6, 6.07) is 7.80. The van der Waals surface area contributed by atoms with Gasteiger partial charge in [-0.1, -0.05) is 6.07 Å². The fourth-order valence-corrected chi connectivity index (χ4v) is 2.43. The number of nitriles is 1. The summed E-state index contributed by atoms with van der Waals surface area (Å²) in [6.07, 6.45) is 2.95. The second kappa shape index (κ2) is 6.35. The lowest BCUT2D eigenvalue weighted by Crippen LogP contribution is -2.33. The molecule has 1 saturated heterocycles. The second-order valence-electron chi connectivity index (χ2n) is 4.90. The van der Waals surface area contributed by atoms with Crippen LogP contribution in [0.25, 0.3) is 0 Å². The van der Waals surface area contributed by atoms with E-state index >= 15 is 0 Å². The maximum Gasteiger partial charge on any atom is 0.136 e. The number of hydrogen-bond donors (Lipinski definition) is 0. The van der Waals surface area contributed by atoms with Crippen LogP contribution >= 0.6 is 0 Å². The Morgan fingerprint density at radius 2 is 2.21 bits per heavy atom. The van der Waals surface area contributed by atoms with Gasteiger partial charge in [0.25, 0.3) is 0 Å². The molecule has 1 fully saturated rings. The van der Waals surface area contributed by atoms with Crippen molar-refractivity contribution in [3.05, 3.63) is 29.3 Å². The van der Waals surface area contributed by atoms with Crippen LogP contribution in [0.3, 0.4) is 0 Å². The highest BCUT2D eigenvalue weighted by atomic mass is 16.5. The van der Waals surface area contributed by atoms with Crippen molar-refractivity contribution in [2.45, 2.75) is 19.4 Å². The van der Waals surface area contributed by atoms with E-state index in [0.29, 0.717) is 11.3 Å². The van der Waals surface area contributed by atoms with Gasteiger partial charge in [0.05, 0.1) is 12.7 Å². The van der Waals surface area contributed by atoms with E-state index in [1.807, 2.05) is 12.1 Å². The molecule has 0 spiro atoms. The third-order valence-corrected chi connectivity index (χ3v) is 3.62. The Kier molecular flexibility index (Phi) is 4.53. The minimum Gasteiger partial charge on any atom is -0.495 e. The van der Waals surface area contributed by atoms with E-state index in [4.69, 9.17) is 10.00 Å². The Morgan fingerprint density at radius 1 is 1.47 bits per heavy atom. The van der Waals surface area contributed by atoms with Gasteiger partial charge in [-0.05, 0) is 43.6 Å². The number of piperidine rings is 1. The molecule has 19 heavy (non-hydrogen) atoms. The summed E-state index contributed by atoms with van der Waals surface area (Å²) in [5.41, 5.74) is 1.70. The summed E-state index contributed by atoms with van der Waals surface area (Å²) >= 11 is 0. The van der Waals surface area contributed by atoms with Gasteiger partial charge >= 0.3 is 0 Å². The molecule has 0 N–H and O–H groups in total. The van der Waals surface area contributed by atoms with Gasteiger partial charge in [-0.25, -0.2) is 0 Å². The van der Waals surface area contributed by atoms with E-state index in [-0.39, 0.29) is 5.92 Å². The van der Waals surface area contributed by atoms with Gasteiger partial charge in [0.15, 0.2) is 0 Å². The van der Waals surface area contributed by atoms with Crippen LogP contribution in [-0.2, 0) is 11.3 Å². The molecule has 100 valence electrons. The van der Waals surface area contributed by atoms with Gasteiger partial charge in [0.2, 0.25) is 0 Å². The summed E-state index contributed by atoms with van der Waals surface area (Å²) in [5.74, 6) is 0.856. The van der Waals surface area contributed by atoms with Crippen LogP contribution in [0.4, 0.5) is 0 Å². The summed E-state index contributed by atoms with van der Waals surface area (Å²) < 4.78 is 5.21. The number of benzene rings is 1. The first kappa shape index (κ1) is 13.6. The van der Waals surface area contributed by atoms with Crippen molar-refractivity contribution in [1.29, 1.82) is 5.26 Å². The van der Waals surface area contributed by atoms with Crippen LogP contribution in [0.2, 0.25) is 0 Å². The molecule has 0 bridgehead atoms. The van der Waals surface area contributed by atoms with Gasteiger partial charge in [0.1, 0.15) is 18.1 Å². The smallest absolute Gasteiger partial charge is 0.136 e. The Hall–Kier alpha value is -1.86. The number of methoxy groups -OCH3 is 1. The van der Waals surface area contributed by atoms with Crippen molar-refractivity contribution in [3.8, 4) is 11.8 Å². The first-order valence-corrected chi connectivity index (χ1v) is 6.51. The van der Waals surface area contributed by atoms with E-state index in [0.717, 1.165) is 44.3 Å². The molecule has 0 saturated carbocycles. The van der Waals surface area contributed by atoms with Crippen LogP contribution in [0.1, 0.15) is 24.0 Å². The molecule has 4 nitrogen and oxygen atoms in total. The molecular weight excluding hydrogens is 240 g/mol. The monoisotopic (exact) mass is 258 g/mol. The fourth-order valence-electron chi connectivity index (χ4n) is 2.43. The van der Waals surface area contributed by atoms with Gasteiger partial charge in [-0.3, -0.25) is 4.90 Å². The molecule has 0 amide bonds. The fraction of sp³-hybridized carbons (Fsp3) is 0.467. The third kappa shape index (κ3) is 3.33. The molecule has 0 aromatic heterocycles.